The van der Waals surface area contributed by atoms with E-state index in [9.17, 15) is 4.79 Å². The van der Waals surface area contributed by atoms with Gasteiger partial charge in [0.1, 0.15) is 11.4 Å². The number of ether oxygens (including phenoxy) is 3. The minimum atomic E-state index is -0.0599. The van der Waals surface area contributed by atoms with E-state index in [1.807, 2.05) is 0 Å². The summed E-state index contributed by atoms with van der Waals surface area (Å²) in [6, 6.07) is 3.54. The normalized spacial score (nSPS) is 15.8. The van der Waals surface area contributed by atoms with Crippen molar-refractivity contribution in [1.82, 2.24) is 10.2 Å². The summed E-state index contributed by atoms with van der Waals surface area (Å²) in [5.74, 6) is 1.81. The van der Waals surface area contributed by atoms with Crippen molar-refractivity contribution in [2.24, 2.45) is 5.41 Å². The second-order valence-corrected chi connectivity index (χ2v) is 6.77. The zero-order chi connectivity index (χ0) is 17.5. The van der Waals surface area contributed by atoms with E-state index in [0.29, 0.717) is 40.5 Å². The average Bonchev–Trinajstić information content (AvgIpc) is 2.95. The molecule has 1 aliphatic carbocycles. The molecule has 0 spiro atoms. The van der Waals surface area contributed by atoms with Gasteiger partial charge in [0.05, 0.1) is 26.9 Å². The third-order valence-electron chi connectivity index (χ3n) is 4.38. The van der Waals surface area contributed by atoms with Gasteiger partial charge in [-0.3, -0.25) is 9.89 Å². The molecule has 24 heavy (non-hydrogen) atoms. The number of benzene rings is 1. The Hall–Kier alpha value is -2.50. The molecule has 0 aliphatic heterocycles. The summed E-state index contributed by atoms with van der Waals surface area (Å²) in [7, 11) is 4.72. The Bertz CT molecular complexity index is 793. The first-order valence-electron chi connectivity index (χ1n) is 7.81. The number of nitrogens with one attached hydrogen (secondary N) is 1. The van der Waals surface area contributed by atoms with E-state index in [1.54, 1.807) is 33.5 Å². The van der Waals surface area contributed by atoms with Gasteiger partial charge in [0.15, 0.2) is 17.3 Å². The number of carbonyl (C=O) groups is 1. The summed E-state index contributed by atoms with van der Waals surface area (Å²) in [5, 5.41) is 7.43. The fourth-order valence-corrected chi connectivity index (χ4v) is 3.28. The predicted octanol–water partition coefficient (Wildman–Crippen LogP) is 3.26. The number of H-pyrrole nitrogens is 1. The van der Waals surface area contributed by atoms with Crippen LogP contribution in [0.3, 0.4) is 0 Å². The molecule has 6 nitrogen and oxygen atoms in total. The van der Waals surface area contributed by atoms with Crippen LogP contribution in [0.4, 0.5) is 0 Å². The number of ketones is 1. The third-order valence-corrected chi connectivity index (χ3v) is 4.38. The first-order chi connectivity index (χ1) is 11.4. The smallest absolute Gasteiger partial charge is 0.167 e. The number of hydrogen-bond acceptors (Lipinski definition) is 5. The van der Waals surface area contributed by atoms with Crippen LogP contribution in [0.25, 0.3) is 11.3 Å². The van der Waals surface area contributed by atoms with Gasteiger partial charge >= 0.3 is 0 Å². The van der Waals surface area contributed by atoms with Crippen LogP contribution >= 0.6 is 0 Å². The van der Waals surface area contributed by atoms with Crippen LogP contribution in [-0.4, -0.2) is 37.3 Å². The lowest BCUT2D eigenvalue weighted by Crippen LogP contribution is -2.26. The average molecular weight is 330 g/mol. The summed E-state index contributed by atoms with van der Waals surface area (Å²) >= 11 is 0. The third kappa shape index (κ3) is 2.62. The molecule has 128 valence electrons. The first kappa shape index (κ1) is 16.4. The molecule has 0 saturated heterocycles. The fraction of sp³-hybridized carbons (Fsp3) is 0.444. The Labute approximate surface area is 141 Å². The van der Waals surface area contributed by atoms with Crippen LogP contribution in [0.1, 0.15) is 36.3 Å². The summed E-state index contributed by atoms with van der Waals surface area (Å²) in [6.45, 7) is 4.18. The van der Waals surface area contributed by atoms with E-state index in [0.717, 1.165) is 12.1 Å². The van der Waals surface area contributed by atoms with Gasteiger partial charge in [0.25, 0.3) is 0 Å². The van der Waals surface area contributed by atoms with E-state index in [4.69, 9.17) is 14.2 Å². The minimum absolute atomic E-state index is 0.0599. The number of nitrogens with zero attached hydrogens (tertiary/aromatic N) is 1. The van der Waals surface area contributed by atoms with Crippen molar-refractivity contribution in [2.45, 2.75) is 26.7 Å². The Morgan fingerprint density at radius 2 is 1.62 bits per heavy atom. The Balaban J connectivity index is 2.18. The molecule has 0 bridgehead atoms. The highest BCUT2D eigenvalue weighted by molar-refractivity contribution is 6.04. The fourth-order valence-electron chi connectivity index (χ4n) is 3.28. The standard InChI is InChI=1S/C18H22N2O4/c1-18(2)8-11-16(12(21)9-18)17(20-19-11)10-6-14(23-4)15(24-5)7-13(10)22-3/h6-7H,8-9H2,1-5H3,(H,19,20). The molecule has 3 rings (SSSR count). The van der Waals surface area contributed by atoms with Gasteiger partial charge in [0, 0.05) is 23.7 Å². The van der Waals surface area contributed by atoms with Crippen LogP contribution in [0, 0.1) is 5.41 Å². The van der Waals surface area contributed by atoms with Crippen molar-refractivity contribution in [2.75, 3.05) is 21.3 Å². The van der Waals surface area contributed by atoms with Crippen molar-refractivity contribution in [3.8, 4) is 28.5 Å². The Morgan fingerprint density at radius 3 is 2.25 bits per heavy atom. The van der Waals surface area contributed by atoms with Gasteiger partial charge in [-0.1, -0.05) is 13.8 Å². The SMILES string of the molecule is COc1cc(OC)c(-c2n[nH]c3c2C(=O)CC(C)(C)C3)cc1OC. The number of rotatable bonds is 4. The van der Waals surface area contributed by atoms with Crippen LogP contribution in [0.15, 0.2) is 12.1 Å². The number of Topliss-reactive ketones (excluding diaryl/α,β-unsaturated/α-hetero) is 1. The molecule has 0 fully saturated rings. The number of hydrogen-bond donors (Lipinski definition) is 1. The number of carbonyl (C=O) groups excluding carboxylic acids is 1. The highest BCUT2D eigenvalue weighted by atomic mass is 16.5. The minimum Gasteiger partial charge on any atom is -0.496 e. The van der Waals surface area contributed by atoms with Crippen molar-refractivity contribution < 1.29 is 19.0 Å². The lowest BCUT2D eigenvalue weighted by atomic mass is 9.75. The zero-order valence-electron chi connectivity index (χ0n) is 14.6. The number of fused-ring (bicyclic) bond motifs is 1. The quantitative estimate of drug-likeness (QED) is 0.931. The maximum Gasteiger partial charge on any atom is 0.167 e. The summed E-state index contributed by atoms with van der Waals surface area (Å²) in [5.41, 5.74) is 2.78. The second-order valence-electron chi connectivity index (χ2n) is 6.77. The molecule has 1 N–H and O–H groups in total. The van der Waals surface area contributed by atoms with E-state index < -0.39 is 0 Å². The highest BCUT2D eigenvalue weighted by Gasteiger charge is 2.35. The van der Waals surface area contributed by atoms with Gasteiger partial charge in [-0.15, -0.1) is 0 Å². The second kappa shape index (κ2) is 5.85. The van der Waals surface area contributed by atoms with Crippen LogP contribution in [-0.2, 0) is 6.42 Å². The summed E-state index contributed by atoms with van der Waals surface area (Å²) < 4.78 is 16.2. The van der Waals surface area contributed by atoms with Gasteiger partial charge in [0.2, 0.25) is 0 Å². The highest BCUT2D eigenvalue weighted by Crippen LogP contribution is 2.43. The maximum absolute atomic E-state index is 12.7. The van der Waals surface area contributed by atoms with Crippen LogP contribution < -0.4 is 14.2 Å². The zero-order valence-corrected chi connectivity index (χ0v) is 14.6. The van der Waals surface area contributed by atoms with E-state index in [1.165, 1.54) is 0 Å². The van der Waals surface area contributed by atoms with Gasteiger partial charge in [-0.2, -0.15) is 5.10 Å². The van der Waals surface area contributed by atoms with E-state index >= 15 is 0 Å². The topological polar surface area (TPSA) is 73.4 Å². The molecule has 0 unspecified atom stereocenters. The number of aromatic amines is 1. The Morgan fingerprint density at radius 1 is 1.00 bits per heavy atom. The molecule has 0 saturated carbocycles. The predicted molar refractivity (Wildman–Crippen MR) is 90.1 cm³/mol. The molecular weight excluding hydrogens is 308 g/mol. The number of methoxy groups -OCH3 is 3. The van der Waals surface area contributed by atoms with Crippen LogP contribution in [0.2, 0.25) is 0 Å². The van der Waals surface area contributed by atoms with Gasteiger partial charge < -0.3 is 14.2 Å². The molecule has 1 aromatic heterocycles. The largest absolute Gasteiger partial charge is 0.496 e. The molecule has 2 aromatic rings. The van der Waals surface area contributed by atoms with Crippen molar-refractivity contribution in [3.05, 3.63) is 23.4 Å². The number of aromatic nitrogens is 2. The molecule has 1 heterocycles. The molecule has 6 heteroatoms. The van der Waals surface area contributed by atoms with Crippen molar-refractivity contribution in [1.29, 1.82) is 0 Å². The van der Waals surface area contributed by atoms with Gasteiger partial charge in [-0.25, -0.2) is 0 Å². The molecule has 0 amide bonds. The molecule has 1 aromatic carbocycles. The summed E-state index contributed by atoms with van der Waals surface area (Å²) in [6.07, 6.45) is 1.29. The van der Waals surface area contributed by atoms with Gasteiger partial charge in [-0.05, 0) is 17.9 Å². The summed E-state index contributed by atoms with van der Waals surface area (Å²) in [4.78, 5) is 12.7. The lowest BCUT2D eigenvalue weighted by Gasteiger charge is -2.28. The van der Waals surface area contributed by atoms with E-state index in [-0.39, 0.29) is 11.2 Å². The van der Waals surface area contributed by atoms with E-state index in [2.05, 4.69) is 24.0 Å². The first-order valence-corrected chi connectivity index (χ1v) is 7.81. The molecular formula is C18H22N2O4. The van der Waals surface area contributed by atoms with Crippen molar-refractivity contribution in [3.63, 3.8) is 0 Å². The van der Waals surface area contributed by atoms with Crippen LogP contribution in [0.5, 0.6) is 17.2 Å². The molecule has 1 aliphatic rings. The maximum atomic E-state index is 12.7. The van der Waals surface area contributed by atoms with Crippen molar-refractivity contribution >= 4 is 5.78 Å². The molecule has 0 radical (unpaired) electrons. The molecule has 0 atom stereocenters. The monoisotopic (exact) mass is 330 g/mol. The lowest BCUT2D eigenvalue weighted by molar-refractivity contribution is 0.0912. The Kier molecular flexibility index (Phi) is 3.99.